The average Bonchev–Trinajstić information content (AvgIpc) is 2.41. The molecule has 2 nitrogen and oxygen atoms in total. The van der Waals surface area contributed by atoms with Crippen LogP contribution in [-0.4, -0.2) is 10.2 Å². The van der Waals surface area contributed by atoms with Crippen molar-refractivity contribution in [2.75, 3.05) is 0 Å². The second kappa shape index (κ2) is 3.73. The highest BCUT2D eigenvalue weighted by atomic mass is 15.1. The molecule has 0 spiro atoms. The van der Waals surface area contributed by atoms with E-state index in [1.54, 1.807) is 6.20 Å². The van der Waals surface area contributed by atoms with Gasteiger partial charge in [-0.05, 0) is 18.4 Å². The van der Waals surface area contributed by atoms with Gasteiger partial charge in [0.2, 0.25) is 0 Å². The van der Waals surface area contributed by atoms with Crippen LogP contribution in [0.2, 0.25) is 0 Å². The van der Waals surface area contributed by atoms with Crippen LogP contribution in [0.3, 0.4) is 0 Å². The monoisotopic (exact) mass is 134 g/mol. The summed E-state index contributed by atoms with van der Waals surface area (Å²) in [7, 11) is 0. The minimum absolute atomic E-state index is 0.897. The van der Waals surface area contributed by atoms with Crippen molar-refractivity contribution in [3.63, 3.8) is 0 Å². The third kappa shape index (κ3) is 1.94. The van der Waals surface area contributed by atoms with E-state index in [1.165, 1.54) is 0 Å². The molecule has 1 rings (SSSR count). The van der Waals surface area contributed by atoms with Crippen LogP contribution < -0.4 is 0 Å². The lowest BCUT2D eigenvalue weighted by Gasteiger charge is -1.77. The van der Waals surface area contributed by atoms with Gasteiger partial charge in [-0.2, -0.15) is 5.10 Å². The van der Waals surface area contributed by atoms with Gasteiger partial charge in [-0.15, -0.1) is 0 Å². The Bertz CT molecular complexity index is 226. The molecule has 2 heteroatoms. The van der Waals surface area contributed by atoms with Crippen LogP contribution >= 0.6 is 0 Å². The van der Waals surface area contributed by atoms with Crippen LogP contribution in [0, 0.1) is 11.8 Å². The maximum Gasteiger partial charge on any atom is 0.107 e. The summed E-state index contributed by atoms with van der Waals surface area (Å²) in [6, 6.07) is 1.86. The molecule has 52 valence electrons. The molecule has 0 aliphatic rings. The van der Waals surface area contributed by atoms with Crippen LogP contribution in [0.4, 0.5) is 0 Å². The Balaban J connectivity index is 2.49. The fourth-order valence-corrected chi connectivity index (χ4v) is 0.608. The van der Waals surface area contributed by atoms with Crippen LogP contribution in [0.5, 0.6) is 0 Å². The molecule has 0 unspecified atom stereocenters. The molecule has 1 heterocycles. The van der Waals surface area contributed by atoms with E-state index in [0.29, 0.717) is 0 Å². The number of unbranched alkanes of at least 4 members (excludes halogenated alkanes) is 1. The van der Waals surface area contributed by atoms with E-state index < -0.39 is 0 Å². The first-order valence-electron chi connectivity index (χ1n) is 3.41. The third-order valence-corrected chi connectivity index (χ3v) is 1.10. The molecule has 0 aromatic carbocycles. The highest BCUT2D eigenvalue weighted by Gasteiger charge is 1.81. The molecule has 0 aliphatic carbocycles. The smallest absolute Gasteiger partial charge is 0.107 e. The normalized spacial score (nSPS) is 8.50. The van der Waals surface area contributed by atoms with Crippen LogP contribution in [0.15, 0.2) is 12.3 Å². The Kier molecular flexibility index (Phi) is 2.57. The molecule has 1 N–H and O–H groups in total. The maximum atomic E-state index is 3.77. The number of aromatic amines is 1. The minimum atomic E-state index is 0.897. The Labute approximate surface area is 60.7 Å². The number of hydrogen-bond acceptors (Lipinski definition) is 1. The largest absolute Gasteiger partial charge is 0.270 e. The maximum absolute atomic E-state index is 3.77. The molecule has 1 aromatic rings. The number of aromatic nitrogens is 2. The topological polar surface area (TPSA) is 28.7 Å². The molecule has 0 aliphatic heterocycles. The van der Waals surface area contributed by atoms with Crippen LogP contribution in [0.1, 0.15) is 25.5 Å². The van der Waals surface area contributed by atoms with Gasteiger partial charge < -0.3 is 0 Å². The second-order valence-electron chi connectivity index (χ2n) is 2.02. The van der Waals surface area contributed by atoms with Crippen molar-refractivity contribution in [3.05, 3.63) is 18.0 Å². The summed E-state index contributed by atoms with van der Waals surface area (Å²) in [5.41, 5.74) is 0.897. The van der Waals surface area contributed by atoms with Gasteiger partial charge in [-0.25, -0.2) is 0 Å². The molecule has 0 saturated carbocycles. The minimum Gasteiger partial charge on any atom is -0.270 e. The quantitative estimate of drug-likeness (QED) is 0.580. The molecule has 1 aromatic heterocycles. The number of hydrogen-bond donors (Lipinski definition) is 1. The summed E-state index contributed by atoms with van der Waals surface area (Å²) in [6.45, 7) is 2.11. The van der Waals surface area contributed by atoms with Gasteiger partial charge >= 0.3 is 0 Å². The van der Waals surface area contributed by atoms with Crippen molar-refractivity contribution in [1.82, 2.24) is 10.2 Å². The molecule has 0 fully saturated rings. The van der Waals surface area contributed by atoms with Gasteiger partial charge in [0.05, 0.1) is 0 Å². The zero-order chi connectivity index (χ0) is 7.23. The highest BCUT2D eigenvalue weighted by molar-refractivity contribution is 5.24. The van der Waals surface area contributed by atoms with E-state index in [1.807, 2.05) is 6.07 Å². The SMILES string of the molecule is CCCC#Cc1ccn[nH]1. The number of rotatable bonds is 1. The van der Waals surface area contributed by atoms with Gasteiger partial charge in [0.1, 0.15) is 5.69 Å². The predicted octanol–water partition coefficient (Wildman–Crippen LogP) is 1.56. The first kappa shape index (κ1) is 6.88. The van der Waals surface area contributed by atoms with Crippen molar-refractivity contribution in [2.45, 2.75) is 19.8 Å². The molecule has 10 heavy (non-hydrogen) atoms. The standard InChI is InChI=1S/C8H10N2/c1-2-3-4-5-8-6-7-9-10-8/h6-7H,2-3H2,1H3,(H,9,10). The number of H-pyrrole nitrogens is 1. The Morgan fingerprint density at radius 2 is 2.60 bits per heavy atom. The van der Waals surface area contributed by atoms with E-state index >= 15 is 0 Å². The average molecular weight is 134 g/mol. The van der Waals surface area contributed by atoms with Gasteiger partial charge in [-0.3, -0.25) is 5.10 Å². The summed E-state index contributed by atoms with van der Waals surface area (Å²) < 4.78 is 0. The molecular weight excluding hydrogens is 124 g/mol. The van der Waals surface area contributed by atoms with Gasteiger partial charge in [0.25, 0.3) is 0 Å². The summed E-state index contributed by atoms with van der Waals surface area (Å²) in [5, 5.41) is 6.55. The highest BCUT2D eigenvalue weighted by Crippen LogP contribution is 1.88. The fraction of sp³-hybridized carbons (Fsp3) is 0.375. The Morgan fingerprint density at radius 1 is 1.70 bits per heavy atom. The molecular formula is C8H10N2. The lowest BCUT2D eigenvalue weighted by molar-refractivity contribution is 0.982. The van der Waals surface area contributed by atoms with Crippen molar-refractivity contribution < 1.29 is 0 Å². The van der Waals surface area contributed by atoms with E-state index in [0.717, 1.165) is 18.5 Å². The summed E-state index contributed by atoms with van der Waals surface area (Å²) >= 11 is 0. The zero-order valence-corrected chi connectivity index (χ0v) is 6.02. The van der Waals surface area contributed by atoms with Crippen LogP contribution in [-0.2, 0) is 0 Å². The zero-order valence-electron chi connectivity index (χ0n) is 6.02. The fourth-order valence-electron chi connectivity index (χ4n) is 0.608. The lowest BCUT2D eigenvalue weighted by atomic mass is 10.3. The summed E-state index contributed by atoms with van der Waals surface area (Å²) in [6.07, 6.45) is 3.77. The molecule has 0 saturated heterocycles. The van der Waals surface area contributed by atoms with Crippen molar-refractivity contribution in [3.8, 4) is 11.8 Å². The summed E-state index contributed by atoms with van der Waals surface area (Å²) in [5.74, 6) is 5.97. The van der Waals surface area contributed by atoms with Crippen LogP contribution in [0.25, 0.3) is 0 Å². The number of nitrogens with one attached hydrogen (secondary N) is 1. The molecule has 0 atom stereocenters. The van der Waals surface area contributed by atoms with Gasteiger partial charge in [0, 0.05) is 12.6 Å². The first-order chi connectivity index (χ1) is 4.93. The second-order valence-corrected chi connectivity index (χ2v) is 2.02. The van der Waals surface area contributed by atoms with E-state index in [2.05, 4.69) is 29.0 Å². The van der Waals surface area contributed by atoms with Crippen molar-refractivity contribution >= 4 is 0 Å². The van der Waals surface area contributed by atoms with E-state index in [9.17, 15) is 0 Å². The Morgan fingerprint density at radius 3 is 3.20 bits per heavy atom. The number of nitrogens with zero attached hydrogens (tertiary/aromatic N) is 1. The lowest BCUT2D eigenvalue weighted by Crippen LogP contribution is -1.72. The molecule has 0 bridgehead atoms. The summed E-state index contributed by atoms with van der Waals surface area (Å²) in [4.78, 5) is 0. The van der Waals surface area contributed by atoms with E-state index in [4.69, 9.17) is 0 Å². The van der Waals surface area contributed by atoms with Crippen molar-refractivity contribution in [2.24, 2.45) is 0 Å². The molecule has 0 amide bonds. The molecule has 0 radical (unpaired) electrons. The predicted molar refractivity (Wildman–Crippen MR) is 40.4 cm³/mol. The van der Waals surface area contributed by atoms with Gasteiger partial charge in [0.15, 0.2) is 0 Å². The van der Waals surface area contributed by atoms with Gasteiger partial charge in [-0.1, -0.05) is 12.8 Å². The first-order valence-corrected chi connectivity index (χ1v) is 3.41. The third-order valence-electron chi connectivity index (χ3n) is 1.10. The van der Waals surface area contributed by atoms with Crippen molar-refractivity contribution in [1.29, 1.82) is 0 Å². The van der Waals surface area contributed by atoms with E-state index in [-0.39, 0.29) is 0 Å². The Hall–Kier alpha value is -1.23.